The van der Waals surface area contributed by atoms with E-state index in [1.807, 2.05) is 4.90 Å². The van der Waals surface area contributed by atoms with Crippen LogP contribution in [0.25, 0.3) is 0 Å². The van der Waals surface area contributed by atoms with Crippen molar-refractivity contribution in [1.82, 2.24) is 0 Å². The number of hydrogen-bond acceptors (Lipinski definition) is 5. The van der Waals surface area contributed by atoms with E-state index in [1.165, 1.54) is 24.3 Å². The third-order valence-electron chi connectivity index (χ3n) is 3.88. The van der Waals surface area contributed by atoms with Gasteiger partial charge in [0.05, 0.1) is 23.4 Å². The van der Waals surface area contributed by atoms with Crippen LogP contribution in [0.2, 0.25) is 0 Å². The molecular weight excluding hydrogens is 301 g/mol. The van der Waals surface area contributed by atoms with Gasteiger partial charge in [-0.3, -0.25) is 4.79 Å². The number of thiophene rings is 1. The van der Waals surface area contributed by atoms with Gasteiger partial charge in [-0.2, -0.15) is 5.26 Å². The van der Waals surface area contributed by atoms with Crippen LogP contribution in [-0.4, -0.2) is 12.3 Å². The fourth-order valence-electron chi connectivity index (χ4n) is 2.88. The van der Waals surface area contributed by atoms with Gasteiger partial charge in [0.25, 0.3) is 0 Å². The molecule has 0 bridgehead atoms. The van der Waals surface area contributed by atoms with Crippen LogP contribution in [0.15, 0.2) is 18.2 Å². The molecule has 3 rings (SSSR count). The summed E-state index contributed by atoms with van der Waals surface area (Å²) >= 11 is 1.39. The quantitative estimate of drug-likeness (QED) is 0.865. The average molecular weight is 315 g/mol. The molecule has 2 aromatic rings. The predicted octanol–water partition coefficient (Wildman–Crippen LogP) is 3.11. The van der Waals surface area contributed by atoms with Crippen molar-refractivity contribution in [2.24, 2.45) is 0 Å². The number of nitriles is 1. The molecule has 2 N–H and O–H groups in total. The van der Waals surface area contributed by atoms with Crippen LogP contribution in [0.1, 0.15) is 33.3 Å². The van der Waals surface area contributed by atoms with Gasteiger partial charge in [-0.1, -0.05) is 6.07 Å². The summed E-state index contributed by atoms with van der Waals surface area (Å²) in [6, 6.07) is 6.81. The van der Waals surface area contributed by atoms with Gasteiger partial charge >= 0.3 is 0 Å². The molecule has 22 heavy (non-hydrogen) atoms. The molecule has 4 nitrogen and oxygen atoms in total. The molecule has 1 aromatic carbocycles. The van der Waals surface area contributed by atoms with E-state index >= 15 is 0 Å². The lowest BCUT2D eigenvalue weighted by atomic mass is 10.0. The molecule has 1 aliphatic heterocycles. The monoisotopic (exact) mass is 315 g/mol. The van der Waals surface area contributed by atoms with Crippen molar-refractivity contribution in [2.45, 2.75) is 19.9 Å². The number of nitrogens with two attached hydrogens (primary N) is 1. The van der Waals surface area contributed by atoms with E-state index in [1.54, 1.807) is 12.1 Å². The number of Topliss-reactive ketones (excluding diaryl/α,β-unsaturated/α-hetero) is 1. The minimum atomic E-state index is -0.501. The SMILES string of the molecule is CC(=O)c1c(F)cccc1N1CCc2c(sc(N)c2C#N)C1. The number of carbonyl (C=O) groups is 1. The zero-order chi connectivity index (χ0) is 15.9. The van der Waals surface area contributed by atoms with Crippen molar-refractivity contribution in [3.63, 3.8) is 0 Å². The lowest BCUT2D eigenvalue weighted by Gasteiger charge is -2.30. The van der Waals surface area contributed by atoms with Crippen LogP contribution >= 0.6 is 11.3 Å². The Balaban J connectivity index is 2.01. The van der Waals surface area contributed by atoms with Gasteiger partial charge in [-0.15, -0.1) is 11.3 Å². The van der Waals surface area contributed by atoms with Crippen LogP contribution in [0.3, 0.4) is 0 Å². The maximum Gasteiger partial charge on any atom is 0.164 e. The Morgan fingerprint density at radius 3 is 2.95 bits per heavy atom. The third kappa shape index (κ3) is 2.24. The molecule has 1 aliphatic rings. The fraction of sp³-hybridized carbons (Fsp3) is 0.250. The number of carbonyl (C=O) groups excluding carboxylic acids is 1. The molecule has 0 fully saturated rings. The van der Waals surface area contributed by atoms with E-state index in [4.69, 9.17) is 11.0 Å². The zero-order valence-corrected chi connectivity index (χ0v) is 12.8. The van der Waals surface area contributed by atoms with Crippen molar-refractivity contribution in [1.29, 1.82) is 5.26 Å². The van der Waals surface area contributed by atoms with Crippen LogP contribution in [0, 0.1) is 17.1 Å². The van der Waals surface area contributed by atoms with Gasteiger partial charge in [0, 0.05) is 11.4 Å². The first-order valence-electron chi connectivity index (χ1n) is 6.87. The summed E-state index contributed by atoms with van der Waals surface area (Å²) in [5.41, 5.74) is 8.15. The Morgan fingerprint density at radius 1 is 1.50 bits per heavy atom. The van der Waals surface area contributed by atoms with Gasteiger partial charge < -0.3 is 10.6 Å². The summed E-state index contributed by atoms with van der Waals surface area (Å²) in [4.78, 5) is 14.7. The minimum Gasteiger partial charge on any atom is -0.389 e. The van der Waals surface area contributed by atoms with E-state index in [2.05, 4.69) is 6.07 Å². The lowest BCUT2D eigenvalue weighted by Crippen LogP contribution is -2.31. The first-order chi connectivity index (χ1) is 10.5. The number of rotatable bonds is 2. The Kier molecular flexibility index (Phi) is 3.59. The van der Waals surface area contributed by atoms with E-state index in [-0.39, 0.29) is 11.3 Å². The average Bonchev–Trinajstić information content (AvgIpc) is 2.80. The van der Waals surface area contributed by atoms with Gasteiger partial charge in [-0.25, -0.2) is 4.39 Å². The molecule has 6 heteroatoms. The van der Waals surface area contributed by atoms with Crippen molar-refractivity contribution in [2.75, 3.05) is 17.2 Å². The van der Waals surface area contributed by atoms with Gasteiger partial charge in [0.15, 0.2) is 5.78 Å². The van der Waals surface area contributed by atoms with Gasteiger partial charge in [-0.05, 0) is 31.0 Å². The number of ketones is 1. The van der Waals surface area contributed by atoms with E-state index in [0.717, 1.165) is 10.4 Å². The molecule has 2 heterocycles. The van der Waals surface area contributed by atoms with Gasteiger partial charge in [0.2, 0.25) is 0 Å². The molecule has 112 valence electrons. The second kappa shape index (κ2) is 5.43. The Bertz CT molecular complexity index is 806. The summed E-state index contributed by atoms with van der Waals surface area (Å²) in [7, 11) is 0. The fourth-order valence-corrected chi connectivity index (χ4v) is 3.96. The summed E-state index contributed by atoms with van der Waals surface area (Å²) in [6.07, 6.45) is 0.666. The van der Waals surface area contributed by atoms with Crippen molar-refractivity contribution in [3.05, 3.63) is 45.6 Å². The third-order valence-corrected chi connectivity index (χ3v) is 4.93. The topological polar surface area (TPSA) is 70.1 Å². The molecule has 0 saturated heterocycles. The maximum atomic E-state index is 14.0. The summed E-state index contributed by atoms with van der Waals surface area (Å²) in [5.74, 6) is -0.790. The van der Waals surface area contributed by atoms with Crippen LogP contribution < -0.4 is 10.6 Å². The molecular formula is C16H14FN3OS. The first kappa shape index (κ1) is 14.5. The van der Waals surface area contributed by atoms with E-state index < -0.39 is 5.82 Å². The van der Waals surface area contributed by atoms with Crippen molar-refractivity contribution < 1.29 is 9.18 Å². The Labute approximate surface area is 131 Å². The number of benzene rings is 1. The van der Waals surface area contributed by atoms with E-state index in [9.17, 15) is 9.18 Å². The second-order valence-corrected chi connectivity index (χ2v) is 6.35. The number of anilines is 2. The number of halogens is 1. The minimum absolute atomic E-state index is 0.121. The largest absolute Gasteiger partial charge is 0.389 e. The number of nitrogen functional groups attached to an aromatic ring is 1. The number of nitrogens with zero attached hydrogens (tertiary/aromatic N) is 2. The summed E-state index contributed by atoms with van der Waals surface area (Å²) in [6.45, 7) is 2.53. The molecule has 0 radical (unpaired) electrons. The Morgan fingerprint density at radius 2 is 2.27 bits per heavy atom. The van der Waals surface area contributed by atoms with Crippen molar-refractivity contribution in [3.8, 4) is 6.07 Å². The lowest BCUT2D eigenvalue weighted by molar-refractivity contribution is 0.101. The highest BCUT2D eigenvalue weighted by Crippen LogP contribution is 2.37. The van der Waals surface area contributed by atoms with Crippen LogP contribution in [0.5, 0.6) is 0 Å². The molecule has 0 unspecified atom stereocenters. The first-order valence-corrected chi connectivity index (χ1v) is 7.69. The molecule has 0 aliphatic carbocycles. The van der Waals surface area contributed by atoms with Gasteiger partial charge in [0.1, 0.15) is 16.9 Å². The highest BCUT2D eigenvalue weighted by Gasteiger charge is 2.26. The van der Waals surface area contributed by atoms with Crippen molar-refractivity contribution >= 4 is 27.8 Å². The maximum absolute atomic E-state index is 14.0. The van der Waals surface area contributed by atoms with Crippen LogP contribution in [-0.2, 0) is 13.0 Å². The highest BCUT2D eigenvalue weighted by atomic mass is 32.1. The molecule has 0 spiro atoms. The van der Waals surface area contributed by atoms with Crippen LogP contribution in [0.4, 0.5) is 15.1 Å². The summed E-state index contributed by atoms with van der Waals surface area (Å²) in [5, 5.41) is 9.70. The standard InChI is InChI=1S/C16H14FN3OS/c1-9(21)15-12(17)3-2-4-13(15)20-6-5-10-11(7-18)16(19)22-14(10)8-20/h2-4H,5-6,8,19H2,1H3. The van der Waals surface area contributed by atoms with E-state index in [0.29, 0.717) is 35.8 Å². The number of fused-ring (bicyclic) bond motifs is 1. The molecule has 1 aromatic heterocycles. The normalized spacial score (nSPS) is 13.6. The zero-order valence-electron chi connectivity index (χ0n) is 12.0. The summed E-state index contributed by atoms with van der Waals surface area (Å²) < 4.78 is 14.0. The highest BCUT2D eigenvalue weighted by molar-refractivity contribution is 7.16. The molecule has 0 amide bonds. The number of hydrogen-bond donors (Lipinski definition) is 1. The smallest absolute Gasteiger partial charge is 0.164 e. The second-order valence-electron chi connectivity index (χ2n) is 5.22. The Hall–Kier alpha value is -2.39. The molecule has 0 atom stereocenters. The predicted molar refractivity (Wildman–Crippen MR) is 84.6 cm³/mol. The molecule has 0 saturated carbocycles.